The minimum Gasteiger partial charge on any atom is -0.494 e. The lowest BCUT2D eigenvalue weighted by Gasteiger charge is -2.28. The molecule has 0 saturated heterocycles. The van der Waals surface area contributed by atoms with Gasteiger partial charge in [0, 0.05) is 25.5 Å². The summed E-state index contributed by atoms with van der Waals surface area (Å²) in [7, 11) is 1.49. The number of H-pyrrole nitrogens is 1. The molecular weight excluding hydrogens is 474 g/mol. The minimum absolute atomic E-state index is 0.205. The molecule has 1 aliphatic heterocycles. The van der Waals surface area contributed by atoms with Crippen molar-refractivity contribution in [3.05, 3.63) is 66.0 Å². The highest BCUT2D eigenvalue weighted by Crippen LogP contribution is 2.32. The Morgan fingerprint density at radius 3 is 2.70 bits per heavy atom. The van der Waals surface area contributed by atoms with Gasteiger partial charge in [-0.3, -0.25) is 14.6 Å². The van der Waals surface area contributed by atoms with E-state index in [-0.39, 0.29) is 12.1 Å². The van der Waals surface area contributed by atoms with Crippen molar-refractivity contribution in [2.45, 2.75) is 26.9 Å². The van der Waals surface area contributed by atoms with Gasteiger partial charge in [-0.2, -0.15) is 5.10 Å². The molecule has 0 saturated carbocycles. The third-order valence-electron chi connectivity index (χ3n) is 6.48. The maximum absolute atomic E-state index is 13.5. The molecule has 0 atom stereocenters. The Morgan fingerprint density at radius 2 is 1.97 bits per heavy atom. The van der Waals surface area contributed by atoms with Crippen LogP contribution in [0.25, 0.3) is 28.1 Å². The number of imidazole rings is 1. The van der Waals surface area contributed by atoms with Gasteiger partial charge in [0.1, 0.15) is 23.7 Å². The first-order valence-corrected chi connectivity index (χ1v) is 11.7. The molecule has 1 N–H and O–H groups in total. The van der Waals surface area contributed by atoms with Crippen LogP contribution in [0.15, 0.2) is 43.1 Å². The number of fused-ring (bicyclic) bond motifs is 2. The quantitative estimate of drug-likeness (QED) is 0.288. The molecule has 37 heavy (non-hydrogen) atoms. The van der Waals surface area contributed by atoms with Crippen molar-refractivity contribution in [3.8, 4) is 23.0 Å². The van der Waals surface area contributed by atoms with E-state index in [2.05, 4.69) is 34.6 Å². The molecule has 0 aliphatic carbocycles. The summed E-state index contributed by atoms with van der Waals surface area (Å²) in [5.41, 5.74) is 3.31. The van der Waals surface area contributed by atoms with Crippen molar-refractivity contribution in [1.29, 1.82) is 0 Å². The summed E-state index contributed by atoms with van der Waals surface area (Å²) in [5.74, 6) is 0.865. The first-order valence-electron chi connectivity index (χ1n) is 11.7. The Balaban J connectivity index is 1.32. The number of Topliss-reactive ketones (excluding diaryl/α,β-unsaturated/α-hetero) is 1. The van der Waals surface area contributed by atoms with Gasteiger partial charge in [-0.05, 0) is 26.0 Å². The van der Waals surface area contributed by atoms with E-state index in [1.54, 1.807) is 13.1 Å². The number of aromatic amines is 1. The van der Waals surface area contributed by atoms with Gasteiger partial charge in [0.25, 0.3) is 11.7 Å². The smallest absolute Gasteiger partial charge is 0.295 e. The van der Waals surface area contributed by atoms with Gasteiger partial charge in [-0.1, -0.05) is 6.07 Å². The molecule has 12 nitrogen and oxygen atoms in total. The number of nitrogens with zero attached hydrogens (tertiary/aromatic N) is 8. The number of ketones is 1. The summed E-state index contributed by atoms with van der Waals surface area (Å²) in [4.78, 5) is 49.2. The van der Waals surface area contributed by atoms with Gasteiger partial charge in [0.15, 0.2) is 5.82 Å². The molecule has 5 aromatic heterocycles. The fourth-order valence-corrected chi connectivity index (χ4v) is 4.78. The molecule has 6 heterocycles. The average Bonchev–Trinajstić information content (AvgIpc) is 3.63. The molecule has 0 radical (unpaired) electrons. The van der Waals surface area contributed by atoms with E-state index in [9.17, 15) is 9.59 Å². The number of methoxy groups -OCH3 is 1. The molecule has 0 aromatic carbocycles. The Hall–Kier alpha value is -4.87. The zero-order valence-electron chi connectivity index (χ0n) is 20.5. The first kappa shape index (κ1) is 22.6. The summed E-state index contributed by atoms with van der Waals surface area (Å²) < 4.78 is 9.06. The Kier molecular flexibility index (Phi) is 5.29. The zero-order chi connectivity index (χ0) is 25.7. The number of hydrogen-bond donors (Lipinski definition) is 1. The molecular formula is C25H23N9O3. The third kappa shape index (κ3) is 3.64. The summed E-state index contributed by atoms with van der Waals surface area (Å²) in [5, 5.41) is 4.77. The Labute approximate surface area is 211 Å². The summed E-state index contributed by atoms with van der Waals surface area (Å²) in [6.07, 6.45) is 6.29. The molecule has 0 spiro atoms. The van der Waals surface area contributed by atoms with Gasteiger partial charge < -0.3 is 19.2 Å². The van der Waals surface area contributed by atoms with Gasteiger partial charge >= 0.3 is 0 Å². The molecule has 0 bridgehead atoms. The molecule has 12 heteroatoms. The summed E-state index contributed by atoms with van der Waals surface area (Å²) in [6.45, 7) is 4.80. The molecule has 0 unspecified atom stereocenters. The van der Waals surface area contributed by atoms with E-state index in [4.69, 9.17) is 4.74 Å². The number of carbonyl (C=O) groups is 2. The van der Waals surface area contributed by atoms with E-state index >= 15 is 0 Å². The third-order valence-corrected chi connectivity index (χ3v) is 6.48. The van der Waals surface area contributed by atoms with E-state index in [0.29, 0.717) is 41.4 Å². The maximum Gasteiger partial charge on any atom is 0.295 e. The van der Waals surface area contributed by atoms with Crippen LogP contribution < -0.4 is 4.74 Å². The van der Waals surface area contributed by atoms with Crippen molar-refractivity contribution in [2.24, 2.45) is 0 Å². The second-order valence-corrected chi connectivity index (χ2v) is 8.72. The molecule has 1 amide bonds. The van der Waals surface area contributed by atoms with Gasteiger partial charge in [0.2, 0.25) is 0 Å². The maximum atomic E-state index is 13.5. The monoisotopic (exact) mass is 497 g/mol. The van der Waals surface area contributed by atoms with Crippen LogP contribution in [-0.4, -0.2) is 69.5 Å². The van der Waals surface area contributed by atoms with Crippen LogP contribution in [0.3, 0.4) is 0 Å². The highest BCUT2D eigenvalue weighted by molar-refractivity contribution is 6.45. The van der Waals surface area contributed by atoms with Crippen molar-refractivity contribution in [2.75, 3.05) is 13.7 Å². The Morgan fingerprint density at radius 1 is 1.11 bits per heavy atom. The standard InChI is InChI=1S/C25H23N9O3/c1-14-22(17-6-4-5-7-26-17)33-9-8-32(12-19(33)30-14)25(36)23(35)16-10-27-21-20(16)18(37-3)11-28-24(21)34-13-29-15(2)31-34/h4-7,10-11,13,27H,8-9,12H2,1-3H3. The summed E-state index contributed by atoms with van der Waals surface area (Å²) >= 11 is 0. The van der Waals surface area contributed by atoms with E-state index < -0.39 is 11.7 Å². The normalized spacial score (nSPS) is 13.1. The van der Waals surface area contributed by atoms with Crippen molar-refractivity contribution < 1.29 is 14.3 Å². The van der Waals surface area contributed by atoms with Crippen LogP contribution in [0.2, 0.25) is 0 Å². The number of amides is 1. The number of nitrogens with one attached hydrogen (secondary N) is 1. The van der Waals surface area contributed by atoms with Crippen LogP contribution in [0.4, 0.5) is 0 Å². The van der Waals surface area contributed by atoms with Crippen LogP contribution in [0.1, 0.15) is 27.7 Å². The summed E-state index contributed by atoms with van der Waals surface area (Å²) in [6, 6.07) is 5.73. The second-order valence-electron chi connectivity index (χ2n) is 8.72. The van der Waals surface area contributed by atoms with Gasteiger partial charge in [-0.25, -0.2) is 19.6 Å². The van der Waals surface area contributed by atoms with E-state index in [1.165, 1.54) is 35.4 Å². The molecule has 6 rings (SSSR count). The topological polar surface area (TPSA) is 137 Å². The number of aryl methyl sites for hydroxylation is 2. The zero-order valence-corrected chi connectivity index (χ0v) is 20.5. The molecule has 0 fully saturated rings. The number of ether oxygens (including phenoxy) is 1. The minimum atomic E-state index is -0.641. The van der Waals surface area contributed by atoms with Crippen LogP contribution in [-0.2, 0) is 17.9 Å². The van der Waals surface area contributed by atoms with Crippen molar-refractivity contribution in [1.82, 2.24) is 44.2 Å². The van der Waals surface area contributed by atoms with Crippen LogP contribution >= 0.6 is 0 Å². The number of hydrogen-bond acceptors (Lipinski definition) is 8. The van der Waals surface area contributed by atoms with E-state index in [1.807, 2.05) is 25.1 Å². The predicted octanol–water partition coefficient (Wildman–Crippen LogP) is 2.25. The largest absolute Gasteiger partial charge is 0.494 e. The lowest BCUT2D eigenvalue weighted by molar-refractivity contribution is -0.127. The number of carbonyl (C=O) groups excluding carboxylic acids is 2. The van der Waals surface area contributed by atoms with Crippen LogP contribution in [0, 0.1) is 13.8 Å². The number of pyridine rings is 2. The fourth-order valence-electron chi connectivity index (χ4n) is 4.78. The lowest BCUT2D eigenvalue weighted by atomic mass is 10.1. The molecule has 5 aromatic rings. The van der Waals surface area contributed by atoms with Crippen LogP contribution in [0.5, 0.6) is 5.75 Å². The van der Waals surface area contributed by atoms with Crippen molar-refractivity contribution in [3.63, 3.8) is 0 Å². The van der Waals surface area contributed by atoms with Gasteiger partial charge in [-0.15, -0.1) is 0 Å². The average molecular weight is 498 g/mol. The SMILES string of the molecule is COc1cnc(-n2cnc(C)n2)c2[nH]cc(C(=O)C(=O)N3CCn4c(nc(C)c4-c4ccccn4)C3)c12. The molecule has 186 valence electrons. The first-order chi connectivity index (χ1) is 18.0. The number of aromatic nitrogens is 8. The number of rotatable bonds is 5. The van der Waals surface area contributed by atoms with E-state index in [0.717, 1.165) is 22.9 Å². The second kappa shape index (κ2) is 8.66. The Bertz CT molecular complexity index is 1670. The predicted molar refractivity (Wildman–Crippen MR) is 132 cm³/mol. The highest BCUT2D eigenvalue weighted by atomic mass is 16.5. The molecule has 1 aliphatic rings. The highest BCUT2D eigenvalue weighted by Gasteiger charge is 2.32. The fraction of sp³-hybridized carbons (Fsp3) is 0.240. The van der Waals surface area contributed by atoms with Gasteiger partial charge in [0.05, 0.1) is 53.4 Å². The lowest BCUT2D eigenvalue weighted by Crippen LogP contribution is -2.42. The van der Waals surface area contributed by atoms with Crippen molar-refractivity contribution >= 4 is 22.6 Å².